The van der Waals surface area contributed by atoms with Crippen molar-refractivity contribution >= 4 is 11.7 Å². The summed E-state index contributed by atoms with van der Waals surface area (Å²) in [5.41, 5.74) is 0.397. The minimum Gasteiger partial charge on any atom is -0.369 e. The van der Waals surface area contributed by atoms with Crippen molar-refractivity contribution < 1.29 is 4.79 Å². The lowest BCUT2D eigenvalue weighted by atomic mass is 9.96. The van der Waals surface area contributed by atoms with Crippen LogP contribution < -0.4 is 10.6 Å². The summed E-state index contributed by atoms with van der Waals surface area (Å²) in [5, 5.41) is 14.1. The second kappa shape index (κ2) is 7.82. The van der Waals surface area contributed by atoms with Gasteiger partial charge in [-0.1, -0.05) is 32.1 Å². The Kier molecular flexibility index (Phi) is 5.77. The topological polar surface area (TPSA) is 66.9 Å². The van der Waals surface area contributed by atoms with Gasteiger partial charge in [-0.2, -0.15) is 0 Å². The van der Waals surface area contributed by atoms with Crippen LogP contribution in [0.3, 0.4) is 0 Å². The second-order valence-electron chi connectivity index (χ2n) is 5.35. The van der Waals surface area contributed by atoms with Crippen LogP contribution in [-0.4, -0.2) is 28.7 Å². The second-order valence-corrected chi connectivity index (χ2v) is 5.35. The smallest absolute Gasteiger partial charge is 0.272 e. The monoisotopic (exact) mass is 276 g/mol. The molecule has 0 spiro atoms. The predicted molar refractivity (Wildman–Crippen MR) is 79.8 cm³/mol. The van der Waals surface area contributed by atoms with Gasteiger partial charge >= 0.3 is 0 Å². The standard InChI is InChI=1S/C15H24N4O/c1-2-16-14-11-10-13(18-19-14)15(20)17-12-8-6-4-3-5-7-9-12/h10-12H,2-9H2,1H3,(H,16,19)(H,17,20). The summed E-state index contributed by atoms with van der Waals surface area (Å²) in [4.78, 5) is 12.1. The molecule has 110 valence electrons. The van der Waals surface area contributed by atoms with Crippen molar-refractivity contribution in [3.8, 4) is 0 Å². The lowest BCUT2D eigenvalue weighted by molar-refractivity contribution is 0.0924. The van der Waals surface area contributed by atoms with Crippen LogP contribution >= 0.6 is 0 Å². The number of aromatic nitrogens is 2. The maximum absolute atomic E-state index is 12.1. The highest BCUT2D eigenvalue weighted by molar-refractivity contribution is 5.92. The van der Waals surface area contributed by atoms with Crippen LogP contribution in [0, 0.1) is 0 Å². The number of amides is 1. The van der Waals surface area contributed by atoms with Crippen LogP contribution in [0.25, 0.3) is 0 Å². The SMILES string of the molecule is CCNc1ccc(C(=O)NC2CCCCCCC2)nn1. The van der Waals surface area contributed by atoms with E-state index in [0.29, 0.717) is 11.5 Å². The van der Waals surface area contributed by atoms with E-state index in [1.807, 2.05) is 6.92 Å². The Bertz CT molecular complexity index is 410. The summed E-state index contributed by atoms with van der Waals surface area (Å²) < 4.78 is 0. The van der Waals surface area contributed by atoms with E-state index in [1.54, 1.807) is 12.1 Å². The summed E-state index contributed by atoms with van der Waals surface area (Å²) >= 11 is 0. The van der Waals surface area contributed by atoms with Crippen LogP contribution in [0.15, 0.2) is 12.1 Å². The van der Waals surface area contributed by atoms with Gasteiger partial charge in [0.15, 0.2) is 5.69 Å². The third-order valence-electron chi connectivity index (χ3n) is 3.70. The third-order valence-corrected chi connectivity index (χ3v) is 3.70. The fraction of sp³-hybridized carbons (Fsp3) is 0.667. The maximum atomic E-state index is 12.1. The van der Waals surface area contributed by atoms with Gasteiger partial charge in [0.1, 0.15) is 5.82 Å². The number of hydrogen-bond acceptors (Lipinski definition) is 4. The van der Waals surface area contributed by atoms with E-state index in [1.165, 1.54) is 32.1 Å². The molecular formula is C15H24N4O. The number of carbonyl (C=O) groups excluding carboxylic acids is 1. The van der Waals surface area contributed by atoms with Crippen molar-refractivity contribution in [2.24, 2.45) is 0 Å². The largest absolute Gasteiger partial charge is 0.369 e. The quantitative estimate of drug-likeness (QED) is 0.887. The highest BCUT2D eigenvalue weighted by Gasteiger charge is 2.16. The van der Waals surface area contributed by atoms with Crippen molar-refractivity contribution in [1.82, 2.24) is 15.5 Å². The summed E-state index contributed by atoms with van der Waals surface area (Å²) in [6, 6.07) is 3.81. The zero-order valence-corrected chi connectivity index (χ0v) is 12.2. The van der Waals surface area contributed by atoms with Gasteiger partial charge in [-0.15, -0.1) is 10.2 Å². The van der Waals surface area contributed by atoms with Crippen LogP contribution in [0.1, 0.15) is 62.4 Å². The number of carbonyl (C=O) groups is 1. The molecule has 20 heavy (non-hydrogen) atoms. The highest BCUT2D eigenvalue weighted by atomic mass is 16.2. The first-order valence-corrected chi connectivity index (χ1v) is 7.68. The minimum absolute atomic E-state index is 0.105. The van der Waals surface area contributed by atoms with E-state index in [2.05, 4.69) is 20.8 Å². The van der Waals surface area contributed by atoms with Crippen LogP contribution in [0.2, 0.25) is 0 Å². The van der Waals surface area contributed by atoms with E-state index in [-0.39, 0.29) is 11.9 Å². The van der Waals surface area contributed by atoms with Gasteiger partial charge in [0, 0.05) is 12.6 Å². The molecule has 0 aliphatic heterocycles. The molecule has 5 nitrogen and oxygen atoms in total. The molecule has 1 fully saturated rings. The van der Waals surface area contributed by atoms with Gasteiger partial charge in [-0.25, -0.2) is 0 Å². The molecule has 0 atom stereocenters. The maximum Gasteiger partial charge on any atom is 0.272 e. The molecule has 0 saturated heterocycles. The number of hydrogen-bond donors (Lipinski definition) is 2. The fourth-order valence-corrected chi connectivity index (χ4v) is 2.59. The van der Waals surface area contributed by atoms with Crippen LogP contribution in [0.4, 0.5) is 5.82 Å². The number of nitrogens with one attached hydrogen (secondary N) is 2. The summed E-state index contributed by atoms with van der Waals surface area (Å²) in [5.74, 6) is 0.598. The molecule has 1 aromatic heterocycles. The molecule has 1 saturated carbocycles. The Hall–Kier alpha value is -1.65. The molecule has 1 aliphatic rings. The fourth-order valence-electron chi connectivity index (χ4n) is 2.59. The highest BCUT2D eigenvalue weighted by Crippen LogP contribution is 2.17. The zero-order chi connectivity index (χ0) is 14.2. The van der Waals surface area contributed by atoms with Gasteiger partial charge in [0.05, 0.1) is 0 Å². The van der Waals surface area contributed by atoms with Gasteiger partial charge in [0.2, 0.25) is 0 Å². The molecule has 1 amide bonds. The predicted octanol–water partition coefficient (Wildman–Crippen LogP) is 2.75. The van der Waals surface area contributed by atoms with Gasteiger partial charge in [-0.3, -0.25) is 4.79 Å². The molecule has 2 N–H and O–H groups in total. The van der Waals surface area contributed by atoms with E-state index in [0.717, 1.165) is 19.4 Å². The molecule has 1 aromatic rings. The number of nitrogens with zero attached hydrogens (tertiary/aromatic N) is 2. The van der Waals surface area contributed by atoms with E-state index in [9.17, 15) is 4.79 Å². The van der Waals surface area contributed by atoms with Crippen LogP contribution in [-0.2, 0) is 0 Å². The Morgan fingerprint density at radius 1 is 1.15 bits per heavy atom. The minimum atomic E-state index is -0.105. The molecule has 2 rings (SSSR count). The van der Waals surface area contributed by atoms with E-state index in [4.69, 9.17) is 0 Å². The van der Waals surface area contributed by atoms with Crippen molar-refractivity contribution in [2.45, 2.75) is 57.9 Å². The first-order chi connectivity index (χ1) is 9.79. The third kappa shape index (κ3) is 4.47. The number of anilines is 1. The Labute approximate surface area is 120 Å². The molecule has 0 radical (unpaired) electrons. The van der Waals surface area contributed by atoms with E-state index < -0.39 is 0 Å². The summed E-state index contributed by atoms with van der Waals surface area (Å²) in [6.07, 6.45) is 8.46. The first-order valence-electron chi connectivity index (χ1n) is 7.68. The molecule has 0 bridgehead atoms. The van der Waals surface area contributed by atoms with Crippen molar-refractivity contribution in [3.05, 3.63) is 17.8 Å². The van der Waals surface area contributed by atoms with Crippen molar-refractivity contribution in [1.29, 1.82) is 0 Å². The first kappa shape index (κ1) is 14.8. The number of rotatable bonds is 4. The summed E-state index contributed by atoms with van der Waals surface area (Å²) in [7, 11) is 0. The zero-order valence-electron chi connectivity index (χ0n) is 12.2. The van der Waals surface area contributed by atoms with Gasteiger partial charge < -0.3 is 10.6 Å². The molecule has 1 aliphatic carbocycles. The van der Waals surface area contributed by atoms with E-state index >= 15 is 0 Å². The van der Waals surface area contributed by atoms with Crippen molar-refractivity contribution in [2.75, 3.05) is 11.9 Å². The van der Waals surface area contributed by atoms with Crippen LogP contribution in [0.5, 0.6) is 0 Å². The molecule has 5 heteroatoms. The molecule has 0 unspecified atom stereocenters. The van der Waals surface area contributed by atoms with Gasteiger partial charge in [0.25, 0.3) is 5.91 Å². The van der Waals surface area contributed by atoms with Crippen molar-refractivity contribution in [3.63, 3.8) is 0 Å². The Morgan fingerprint density at radius 2 is 1.85 bits per heavy atom. The Morgan fingerprint density at radius 3 is 2.45 bits per heavy atom. The average Bonchev–Trinajstić information content (AvgIpc) is 2.43. The molecule has 1 heterocycles. The Balaban J connectivity index is 1.89. The lowest BCUT2D eigenvalue weighted by Crippen LogP contribution is -2.35. The van der Waals surface area contributed by atoms with Gasteiger partial charge in [-0.05, 0) is 31.9 Å². The molecule has 0 aromatic carbocycles. The normalized spacial score (nSPS) is 17.1. The molecular weight excluding hydrogens is 252 g/mol. The summed E-state index contributed by atoms with van der Waals surface area (Å²) in [6.45, 7) is 2.79. The average molecular weight is 276 g/mol. The lowest BCUT2D eigenvalue weighted by Gasteiger charge is -2.20.